The number of amides is 1. The fourth-order valence-corrected chi connectivity index (χ4v) is 1.92. The van der Waals surface area contributed by atoms with Crippen molar-refractivity contribution >= 4 is 17.4 Å². The van der Waals surface area contributed by atoms with E-state index >= 15 is 0 Å². The number of rotatable bonds is 2. The molecule has 5 heteroatoms. The monoisotopic (exact) mass is 270 g/mol. The maximum Gasteiger partial charge on any atom is 0.275 e. The van der Waals surface area contributed by atoms with Gasteiger partial charge in [0.05, 0.1) is 12.4 Å². The molecule has 104 valence electrons. The van der Waals surface area contributed by atoms with E-state index in [1.54, 1.807) is 0 Å². The molecule has 2 aromatic rings. The van der Waals surface area contributed by atoms with Crippen molar-refractivity contribution in [2.75, 3.05) is 11.1 Å². The van der Waals surface area contributed by atoms with E-state index in [4.69, 9.17) is 5.73 Å². The first kappa shape index (κ1) is 14.0. The van der Waals surface area contributed by atoms with Crippen molar-refractivity contribution in [3.05, 3.63) is 47.9 Å². The van der Waals surface area contributed by atoms with Crippen LogP contribution in [0.4, 0.5) is 11.5 Å². The Balaban J connectivity index is 2.29. The van der Waals surface area contributed by atoms with Crippen LogP contribution in [0.2, 0.25) is 0 Å². The van der Waals surface area contributed by atoms with Crippen LogP contribution in [0.3, 0.4) is 0 Å². The third-order valence-corrected chi connectivity index (χ3v) is 2.87. The molecule has 0 atom stereocenters. The number of carbonyl (C=O) groups excluding carboxylic acids is 1. The van der Waals surface area contributed by atoms with E-state index in [2.05, 4.69) is 36.1 Å². The molecular formula is C15H18N4O. The predicted octanol–water partition coefficient (Wildman–Crippen LogP) is 2.61. The molecule has 0 fully saturated rings. The van der Waals surface area contributed by atoms with E-state index in [1.807, 2.05) is 24.3 Å². The molecule has 0 bridgehead atoms. The normalized spacial score (nSPS) is 11.2. The lowest BCUT2D eigenvalue weighted by Gasteiger charge is -2.22. The second-order valence-electron chi connectivity index (χ2n) is 5.58. The Bertz CT molecular complexity index is 632. The van der Waals surface area contributed by atoms with Gasteiger partial charge in [0.25, 0.3) is 5.91 Å². The zero-order valence-electron chi connectivity index (χ0n) is 11.8. The van der Waals surface area contributed by atoms with Gasteiger partial charge in [-0.1, -0.05) is 39.0 Å². The fourth-order valence-electron chi connectivity index (χ4n) is 1.92. The zero-order chi connectivity index (χ0) is 14.8. The van der Waals surface area contributed by atoms with Crippen LogP contribution in [0.1, 0.15) is 36.8 Å². The zero-order valence-corrected chi connectivity index (χ0v) is 11.8. The van der Waals surface area contributed by atoms with E-state index in [9.17, 15) is 4.79 Å². The smallest absolute Gasteiger partial charge is 0.275 e. The molecule has 5 nitrogen and oxygen atoms in total. The van der Waals surface area contributed by atoms with Crippen LogP contribution in [-0.2, 0) is 5.41 Å². The van der Waals surface area contributed by atoms with E-state index in [0.717, 1.165) is 11.3 Å². The van der Waals surface area contributed by atoms with Crippen LogP contribution in [-0.4, -0.2) is 15.9 Å². The minimum absolute atomic E-state index is 0.0642. The highest BCUT2D eigenvalue weighted by atomic mass is 16.1. The first-order chi connectivity index (χ1) is 9.38. The summed E-state index contributed by atoms with van der Waals surface area (Å²) >= 11 is 0. The second-order valence-corrected chi connectivity index (χ2v) is 5.58. The number of nitrogen functional groups attached to an aromatic ring is 1. The number of anilines is 2. The standard InChI is InChI=1S/C15H18N4O/c1-15(2,3)10-6-4-5-7-11(10)19-14(20)12-8-17-9-13(16)18-12/h4-9H,1-3H3,(H2,16,18)(H,19,20). The molecule has 0 saturated heterocycles. The number of carbonyl (C=O) groups is 1. The molecule has 2 rings (SSSR count). The summed E-state index contributed by atoms with van der Waals surface area (Å²) < 4.78 is 0. The molecule has 0 aliphatic rings. The molecular weight excluding hydrogens is 252 g/mol. The lowest BCUT2D eigenvalue weighted by Crippen LogP contribution is -2.19. The van der Waals surface area contributed by atoms with Crippen molar-refractivity contribution in [3.63, 3.8) is 0 Å². The highest BCUT2D eigenvalue weighted by Gasteiger charge is 2.19. The van der Waals surface area contributed by atoms with Gasteiger partial charge < -0.3 is 11.1 Å². The molecule has 1 heterocycles. The van der Waals surface area contributed by atoms with Crippen LogP contribution in [0.25, 0.3) is 0 Å². The van der Waals surface area contributed by atoms with Crippen LogP contribution >= 0.6 is 0 Å². The Kier molecular flexibility index (Phi) is 3.70. The van der Waals surface area contributed by atoms with E-state index in [-0.39, 0.29) is 22.8 Å². The van der Waals surface area contributed by atoms with Gasteiger partial charge in [0.2, 0.25) is 0 Å². The quantitative estimate of drug-likeness (QED) is 0.879. The van der Waals surface area contributed by atoms with Gasteiger partial charge in [0, 0.05) is 5.69 Å². The highest BCUT2D eigenvalue weighted by Crippen LogP contribution is 2.29. The van der Waals surface area contributed by atoms with Crippen molar-refractivity contribution in [3.8, 4) is 0 Å². The third-order valence-electron chi connectivity index (χ3n) is 2.87. The lowest BCUT2D eigenvalue weighted by molar-refractivity contribution is 0.102. The summed E-state index contributed by atoms with van der Waals surface area (Å²) in [6, 6.07) is 7.71. The van der Waals surface area contributed by atoms with Crippen LogP contribution < -0.4 is 11.1 Å². The van der Waals surface area contributed by atoms with Crippen LogP contribution in [0.5, 0.6) is 0 Å². The van der Waals surface area contributed by atoms with Crippen molar-refractivity contribution in [1.82, 2.24) is 9.97 Å². The number of nitrogens with two attached hydrogens (primary N) is 1. The molecule has 0 radical (unpaired) electrons. The van der Waals surface area contributed by atoms with Crippen molar-refractivity contribution in [1.29, 1.82) is 0 Å². The largest absolute Gasteiger partial charge is 0.382 e. The topological polar surface area (TPSA) is 80.9 Å². The SMILES string of the molecule is CC(C)(C)c1ccccc1NC(=O)c1cncc(N)n1. The molecule has 0 spiro atoms. The summed E-state index contributed by atoms with van der Waals surface area (Å²) in [7, 11) is 0. The number of benzene rings is 1. The minimum atomic E-state index is -0.318. The molecule has 20 heavy (non-hydrogen) atoms. The van der Waals surface area contributed by atoms with E-state index in [1.165, 1.54) is 12.4 Å². The van der Waals surface area contributed by atoms with Crippen LogP contribution in [0.15, 0.2) is 36.7 Å². The van der Waals surface area contributed by atoms with Gasteiger partial charge in [0.15, 0.2) is 0 Å². The number of nitrogens with one attached hydrogen (secondary N) is 1. The Labute approximate surface area is 118 Å². The van der Waals surface area contributed by atoms with Crippen molar-refractivity contribution in [2.24, 2.45) is 0 Å². The number of nitrogens with zero attached hydrogens (tertiary/aromatic N) is 2. The maximum absolute atomic E-state index is 12.2. The van der Waals surface area contributed by atoms with E-state index < -0.39 is 0 Å². The Hall–Kier alpha value is -2.43. The van der Waals surface area contributed by atoms with Gasteiger partial charge in [-0.2, -0.15) is 0 Å². The van der Waals surface area contributed by atoms with Gasteiger partial charge in [-0.25, -0.2) is 4.98 Å². The molecule has 3 N–H and O–H groups in total. The van der Waals surface area contributed by atoms with Crippen molar-refractivity contribution < 1.29 is 4.79 Å². The Morgan fingerprint density at radius 3 is 2.55 bits per heavy atom. The number of hydrogen-bond donors (Lipinski definition) is 2. The van der Waals surface area contributed by atoms with Gasteiger partial charge in [-0.15, -0.1) is 0 Å². The van der Waals surface area contributed by atoms with Crippen LogP contribution in [0, 0.1) is 0 Å². The van der Waals surface area contributed by atoms with E-state index in [0.29, 0.717) is 0 Å². The maximum atomic E-state index is 12.2. The second kappa shape index (κ2) is 5.28. The van der Waals surface area contributed by atoms with Gasteiger partial charge >= 0.3 is 0 Å². The average Bonchev–Trinajstić information content (AvgIpc) is 2.38. The van der Waals surface area contributed by atoms with Gasteiger partial charge in [-0.05, 0) is 17.0 Å². The average molecular weight is 270 g/mol. The summed E-state index contributed by atoms with van der Waals surface area (Å²) in [5.41, 5.74) is 7.51. The number of hydrogen-bond acceptors (Lipinski definition) is 4. The molecule has 1 aromatic heterocycles. The highest BCUT2D eigenvalue weighted by molar-refractivity contribution is 6.03. The molecule has 0 aliphatic heterocycles. The summed E-state index contributed by atoms with van der Waals surface area (Å²) in [5.74, 6) is -0.0942. The van der Waals surface area contributed by atoms with Crippen molar-refractivity contribution in [2.45, 2.75) is 26.2 Å². The molecule has 0 unspecified atom stereocenters. The van der Waals surface area contributed by atoms with Gasteiger partial charge in [-0.3, -0.25) is 9.78 Å². The molecule has 1 aromatic carbocycles. The summed E-state index contributed by atoms with van der Waals surface area (Å²) in [5, 5.41) is 2.86. The summed E-state index contributed by atoms with van der Waals surface area (Å²) in [6.07, 6.45) is 2.80. The first-order valence-electron chi connectivity index (χ1n) is 6.36. The predicted molar refractivity (Wildman–Crippen MR) is 79.5 cm³/mol. The number of aromatic nitrogens is 2. The van der Waals surface area contributed by atoms with Gasteiger partial charge in [0.1, 0.15) is 11.5 Å². The number of para-hydroxylation sites is 1. The summed E-state index contributed by atoms with van der Waals surface area (Å²) in [4.78, 5) is 20.0. The third kappa shape index (κ3) is 3.12. The fraction of sp³-hybridized carbons (Fsp3) is 0.267. The molecule has 0 aliphatic carbocycles. The first-order valence-corrected chi connectivity index (χ1v) is 6.36. The summed E-state index contributed by atoms with van der Waals surface area (Å²) in [6.45, 7) is 6.29. The Morgan fingerprint density at radius 1 is 1.20 bits per heavy atom. The molecule has 0 saturated carbocycles. The molecule has 1 amide bonds. The Morgan fingerprint density at radius 2 is 1.90 bits per heavy atom. The minimum Gasteiger partial charge on any atom is -0.382 e. The lowest BCUT2D eigenvalue weighted by atomic mass is 9.86.